The fourth-order valence-corrected chi connectivity index (χ4v) is 1.29. The number of hydrogen-bond donors (Lipinski definition) is 2. The van der Waals surface area contributed by atoms with Gasteiger partial charge >= 0.3 is 0 Å². The van der Waals surface area contributed by atoms with Crippen LogP contribution >= 0.6 is 11.6 Å². The quantitative estimate of drug-likeness (QED) is 0.674. The molecule has 0 amide bonds. The minimum Gasteiger partial charge on any atom is -0.389 e. The molecule has 0 heterocycles. The maximum absolute atomic E-state index is 9.59. The predicted molar refractivity (Wildman–Crippen MR) is 46.7 cm³/mol. The zero-order valence-electron chi connectivity index (χ0n) is 6.57. The molecular weight excluding hydrogens is 162 g/mol. The molecule has 1 aliphatic carbocycles. The highest BCUT2D eigenvalue weighted by atomic mass is 35.5. The second kappa shape index (κ2) is 3.57. The van der Waals surface area contributed by atoms with Gasteiger partial charge in [0.25, 0.3) is 0 Å². The Hall–Kier alpha value is -0.0500. The van der Waals surface area contributed by atoms with Crippen molar-refractivity contribution < 1.29 is 5.11 Å². The molecule has 2 N–H and O–H groups in total. The fourth-order valence-electron chi connectivity index (χ4n) is 1.19. The lowest BCUT2D eigenvalue weighted by Crippen LogP contribution is -2.46. The van der Waals surface area contributed by atoms with E-state index in [9.17, 15) is 5.11 Å². The van der Waals surface area contributed by atoms with Gasteiger partial charge < -0.3 is 10.4 Å². The Morgan fingerprint density at radius 2 is 2.27 bits per heavy atom. The lowest BCUT2D eigenvalue weighted by Gasteiger charge is -2.36. The monoisotopic (exact) mass is 175 g/mol. The van der Waals surface area contributed by atoms with E-state index >= 15 is 0 Å². The van der Waals surface area contributed by atoms with Gasteiger partial charge in [-0.05, 0) is 19.3 Å². The first-order chi connectivity index (χ1) is 5.12. The Bertz CT molecular complexity index is 154. The molecule has 0 aromatic heterocycles. The van der Waals surface area contributed by atoms with Crippen LogP contribution in [-0.2, 0) is 0 Å². The molecular formula is C8H14ClNO. The number of nitrogens with one attached hydrogen (secondary N) is 1. The van der Waals surface area contributed by atoms with Crippen molar-refractivity contribution in [1.29, 1.82) is 0 Å². The van der Waals surface area contributed by atoms with Crippen LogP contribution in [-0.4, -0.2) is 23.8 Å². The van der Waals surface area contributed by atoms with Crippen LogP contribution in [0.2, 0.25) is 0 Å². The van der Waals surface area contributed by atoms with Gasteiger partial charge in [-0.15, -0.1) is 0 Å². The molecule has 0 atom stereocenters. The van der Waals surface area contributed by atoms with Gasteiger partial charge in [-0.25, -0.2) is 0 Å². The first-order valence-corrected chi connectivity index (χ1v) is 4.27. The standard InChI is InChI=1S/C8H14ClNO/c1-7(9)5-10-6-8(11)3-2-4-8/h10-11H,1-6H2. The Morgan fingerprint density at radius 3 is 2.64 bits per heavy atom. The predicted octanol–water partition coefficient (Wildman–Crippen LogP) is 1.24. The van der Waals surface area contributed by atoms with Gasteiger partial charge in [0.15, 0.2) is 0 Å². The van der Waals surface area contributed by atoms with Gasteiger partial charge in [0.05, 0.1) is 5.60 Å². The summed E-state index contributed by atoms with van der Waals surface area (Å²) in [5.41, 5.74) is -0.452. The number of rotatable bonds is 4. The van der Waals surface area contributed by atoms with Crippen LogP contribution in [0.25, 0.3) is 0 Å². The zero-order valence-corrected chi connectivity index (χ0v) is 7.32. The van der Waals surface area contributed by atoms with Crippen LogP contribution in [0.15, 0.2) is 11.6 Å². The summed E-state index contributed by atoms with van der Waals surface area (Å²) in [5, 5.41) is 13.2. The summed E-state index contributed by atoms with van der Waals surface area (Å²) in [7, 11) is 0. The molecule has 0 aromatic rings. The second-order valence-corrected chi connectivity index (χ2v) is 3.73. The van der Waals surface area contributed by atoms with Gasteiger partial charge in [0.1, 0.15) is 0 Å². The van der Waals surface area contributed by atoms with Crippen molar-refractivity contribution >= 4 is 11.6 Å². The summed E-state index contributed by atoms with van der Waals surface area (Å²) < 4.78 is 0. The minimum atomic E-state index is -0.452. The Morgan fingerprint density at radius 1 is 1.64 bits per heavy atom. The Kier molecular flexibility index (Phi) is 2.93. The van der Waals surface area contributed by atoms with E-state index in [1.807, 2.05) is 0 Å². The van der Waals surface area contributed by atoms with Crippen molar-refractivity contribution in [2.75, 3.05) is 13.1 Å². The smallest absolute Gasteiger partial charge is 0.0771 e. The topological polar surface area (TPSA) is 32.3 Å². The van der Waals surface area contributed by atoms with E-state index in [1.54, 1.807) is 0 Å². The third kappa shape index (κ3) is 2.81. The van der Waals surface area contributed by atoms with Crippen LogP contribution in [0, 0.1) is 0 Å². The SMILES string of the molecule is C=C(Cl)CNCC1(O)CCC1. The van der Waals surface area contributed by atoms with Crippen molar-refractivity contribution in [3.8, 4) is 0 Å². The molecule has 0 aromatic carbocycles. The van der Waals surface area contributed by atoms with Gasteiger partial charge in [0, 0.05) is 18.1 Å². The summed E-state index contributed by atoms with van der Waals surface area (Å²) in [5.74, 6) is 0. The summed E-state index contributed by atoms with van der Waals surface area (Å²) >= 11 is 5.53. The van der Waals surface area contributed by atoms with E-state index in [0.717, 1.165) is 19.3 Å². The van der Waals surface area contributed by atoms with E-state index < -0.39 is 5.60 Å². The molecule has 1 rings (SSSR count). The van der Waals surface area contributed by atoms with Crippen molar-refractivity contribution in [2.24, 2.45) is 0 Å². The van der Waals surface area contributed by atoms with Gasteiger partial charge in [0.2, 0.25) is 0 Å². The fraction of sp³-hybridized carbons (Fsp3) is 0.750. The molecule has 1 aliphatic rings. The molecule has 2 nitrogen and oxygen atoms in total. The Labute approximate surface area is 72.2 Å². The van der Waals surface area contributed by atoms with E-state index in [4.69, 9.17) is 11.6 Å². The molecule has 64 valence electrons. The average molecular weight is 176 g/mol. The maximum atomic E-state index is 9.59. The van der Waals surface area contributed by atoms with Crippen LogP contribution in [0.1, 0.15) is 19.3 Å². The molecule has 1 fully saturated rings. The molecule has 0 spiro atoms. The molecule has 0 aliphatic heterocycles. The van der Waals surface area contributed by atoms with Crippen molar-refractivity contribution in [2.45, 2.75) is 24.9 Å². The van der Waals surface area contributed by atoms with Gasteiger partial charge in [-0.1, -0.05) is 18.2 Å². The molecule has 1 saturated carbocycles. The minimum absolute atomic E-state index is 0.452. The number of aliphatic hydroxyl groups is 1. The molecule has 0 bridgehead atoms. The normalized spacial score (nSPS) is 20.9. The zero-order chi connectivity index (χ0) is 8.32. The second-order valence-electron chi connectivity index (χ2n) is 3.20. The third-order valence-electron chi connectivity index (χ3n) is 2.06. The summed E-state index contributed by atoms with van der Waals surface area (Å²) in [4.78, 5) is 0. The van der Waals surface area contributed by atoms with E-state index in [-0.39, 0.29) is 0 Å². The highest BCUT2D eigenvalue weighted by molar-refractivity contribution is 6.29. The molecule has 0 radical (unpaired) electrons. The maximum Gasteiger partial charge on any atom is 0.0771 e. The van der Waals surface area contributed by atoms with Crippen LogP contribution in [0.5, 0.6) is 0 Å². The third-order valence-corrected chi connectivity index (χ3v) is 2.19. The van der Waals surface area contributed by atoms with Crippen LogP contribution in [0.4, 0.5) is 0 Å². The highest BCUT2D eigenvalue weighted by Crippen LogP contribution is 2.30. The lowest BCUT2D eigenvalue weighted by molar-refractivity contribution is -0.0305. The first kappa shape index (κ1) is 9.04. The molecule has 0 unspecified atom stereocenters. The number of halogens is 1. The van der Waals surface area contributed by atoms with Gasteiger partial charge in [-0.3, -0.25) is 0 Å². The molecule has 0 saturated heterocycles. The van der Waals surface area contributed by atoms with Crippen LogP contribution < -0.4 is 5.32 Å². The summed E-state index contributed by atoms with van der Waals surface area (Å²) in [6, 6.07) is 0. The van der Waals surface area contributed by atoms with Crippen LogP contribution in [0.3, 0.4) is 0 Å². The summed E-state index contributed by atoms with van der Waals surface area (Å²) in [6.45, 7) is 4.76. The van der Waals surface area contributed by atoms with Crippen molar-refractivity contribution in [3.05, 3.63) is 11.6 Å². The van der Waals surface area contributed by atoms with Crippen molar-refractivity contribution in [1.82, 2.24) is 5.32 Å². The largest absolute Gasteiger partial charge is 0.389 e. The summed E-state index contributed by atoms with van der Waals surface area (Å²) in [6.07, 6.45) is 2.96. The van der Waals surface area contributed by atoms with E-state index in [0.29, 0.717) is 18.1 Å². The lowest BCUT2D eigenvalue weighted by atomic mass is 9.80. The van der Waals surface area contributed by atoms with Crippen molar-refractivity contribution in [3.63, 3.8) is 0 Å². The molecule has 3 heteroatoms. The van der Waals surface area contributed by atoms with E-state index in [1.165, 1.54) is 0 Å². The molecule has 11 heavy (non-hydrogen) atoms. The van der Waals surface area contributed by atoms with E-state index in [2.05, 4.69) is 11.9 Å². The average Bonchev–Trinajstić information content (AvgIpc) is 1.83. The van der Waals surface area contributed by atoms with Gasteiger partial charge in [-0.2, -0.15) is 0 Å². The first-order valence-electron chi connectivity index (χ1n) is 3.89. The highest BCUT2D eigenvalue weighted by Gasteiger charge is 2.33. The Balaban J connectivity index is 2.07. The number of hydrogen-bond acceptors (Lipinski definition) is 2.